The standard InChI is InChI=1S/C18H20N2O3/c1-22-16-7-3-5-14(17(16)23-2)18(21)20-12-4-6-15(20)13-8-10-19-11-9-13/h3,5,7-11,15H,4,6,12H2,1-2H3. The van der Waals surface area contributed by atoms with E-state index in [0.717, 1.165) is 24.9 Å². The normalized spacial score (nSPS) is 17.1. The van der Waals surface area contributed by atoms with Gasteiger partial charge >= 0.3 is 0 Å². The Morgan fingerprint density at radius 3 is 2.65 bits per heavy atom. The van der Waals surface area contributed by atoms with Crippen LogP contribution in [0.3, 0.4) is 0 Å². The summed E-state index contributed by atoms with van der Waals surface area (Å²) in [5, 5.41) is 0. The predicted octanol–water partition coefficient (Wildman–Crippen LogP) is 3.08. The van der Waals surface area contributed by atoms with Gasteiger partial charge in [0.2, 0.25) is 0 Å². The molecule has 23 heavy (non-hydrogen) atoms. The van der Waals surface area contributed by atoms with Crippen molar-refractivity contribution in [2.45, 2.75) is 18.9 Å². The molecule has 1 aromatic heterocycles. The van der Waals surface area contributed by atoms with E-state index in [2.05, 4.69) is 4.98 Å². The van der Waals surface area contributed by atoms with Gasteiger partial charge < -0.3 is 14.4 Å². The SMILES string of the molecule is COc1cccc(C(=O)N2CCCC2c2ccncc2)c1OC. The Hall–Kier alpha value is -2.56. The Morgan fingerprint density at radius 2 is 1.96 bits per heavy atom. The molecular weight excluding hydrogens is 292 g/mol. The first-order valence-electron chi connectivity index (χ1n) is 7.68. The van der Waals surface area contributed by atoms with Crippen LogP contribution in [-0.4, -0.2) is 36.6 Å². The molecule has 1 atom stereocenters. The molecule has 0 radical (unpaired) electrons. The van der Waals surface area contributed by atoms with Gasteiger partial charge in [0.25, 0.3) is 5.91 Å². The first-order chi connectivity index (χ1) is 11.3. The van der Waals surface area contributed by atoms with Gasteiger partial charge in [-0.05, 0) is 42.7 Å². The van der Waals surface area contributed by atoms with Crippen LogP contribution in [0, 0.1) is 0 Å². The zero-order valence-corrected chi connectivity index (χ0v) is 13.4. The lowest BCUT2D eigenvalue weighted by Gasteiger charge is -2.26. The van der Waals surface area contributed by atoms with Gasteiger partial charge in [0.1, 0.15) is 0 Å². The summed E-state index contributed by atoms with van der Waals surface area (Å²) in [6.45, 7) is 0.742. The van der Waals surface area contributed by atoms with Crippen LogP contribution in [-0.2, 0) is 0 Å². The summed E-state index contributed by atoms with van der Waals surface area (Å²) >= 11 is 0. The van der Waals surface area contributed by atoms with Crippen molar-refractivity contribution in [2.24, 2.45) is 0 Å². The average molecular weight is 312 g/mol. The van der Waals surface area contributed by atoms with E-state index in [1.807, 2.05) is 23.1 Å². The van der Waals surface area contributed by atoms with Crippen molar-refractivity contribution < 1.29 is 14.3 Å². The maximum absolute atomic E-state index is 13.1. The highest BCUT2D eigenvalue weighted by Crippen LogP contribution is 2.37. The Balaban J connectivity index is 1.94. The average Bonchev–Trinajstić information content (AvgIpc) is 3.10. The molecule has 0 N–H and O–H groups in total. The number of hydrogen-bond acceptors (Lipinski definition) is 4. The maximum Gasteiger partial charge on any atom is 0.258 e. The van der Waals surface area contributed by atoms with Crippen molar-refractivity contribution >= 4 is 5.91 Å². The monoisotopic (exact) mass is 312 g/mol. The summed E-state index contributed by atoms with van der Waals surface area (Å²) in [6.07, 6.45) is 5.48. The number of carbonyl (C=O) groups is 1. The summed E-state index contributed by atoms with van der Waals surface area (Å²) in [4.78, 5) is 19.0. The number of benzene rings is 1. The van der Waals surface area contributed by atoms with E-state index in [1.165, 1.54) is 0 Å². The van der Waals surface area contributed by atoms with Crippen molar-refractivity contribution in [3.05, 3.63) is 53.9 Å². The smallest absolute Gasteiger partial charge is 0.258 e. The molecule has 1 aliphatic heterocycles. The van der Waals surface area contributed by atoms with Crippen molar-refractivity contribution in [2.75, 3.05) is 20.8 Å². The van der Waals surface area contributed by atoms with Crippen LogP contribution in [0.5, 0.6) is 11.5 Å². The van der Waals surface area contributed by atoms with Crippen LogP contribution >= 0.6 is 0 Å². The largest absolute Gasteiger partial charge is 0.493 e. The third-order valence-corrected chi connectivity index (χ3v) is 4.24. The van der Waals surface area contributed by atoms with Gasteiger partial charge in [-0.15, -0.1) is 0 Å². The van der Waals surface area contributed by atoms with Crippen molar-refractivity contribution in [3.63, 3.8) is 0 Å². The van der Waals surface area contributed by atoms with Crippen LogP contribution in [0.1, 0.15) is 34.8 Å². The molecule has 5 heteroatoms. The Labute approximate surface area is 135 Å². The van der Waals surface area contributed by atoms with Gasteiger partial charge in [0.15, 0.2) is 11.5 Å². The second kappa shape index (κ2) is 6.69. The molecule has 0 aliphatic carbocycles. The highest BCUT2D eigenvalue weighted by molar-refractivity contribution is 5.98. The number of para-hydroxylation sites is 1. The fourth-order valence-corrected chi connectivity index (χ4v) is 3.15. The van der Waals surface area contributed by atoms with Crippen LogP contribution in [0.15, 0.2) is 42.7 Å². The molecule has 1 fully saturated rings. The van der Waals surface area contributed by atoms with Gasteiger partial charge in [-0.25, -0.2) is 0 Å². The Kier molecular flexibility index (Phi) is 4.46. The fraction of sp³-hybridized carbons (Fsp3) is 0.333. The molecular formula is C18H20N2O3. The van der Waals surface area contributed by atoms with Gasteiger partial charge in [-0.3, -0.25) is 9.78 Å². The maximum atomic E-state index is 13.1. The molecule has 0 saturated carbocycles. The third kappa shape index (κ3) is 2.86. The lowest BCUT2D eigenvalue weighted by atomic mass is 10.0. The second-order valence-electron chi connectivity index (χ2n) is 5.48. The lowest BCUT2D eigenvalue weighted by molar-refractivity contribution is 0.0731. The van der Waals surface area contributed by atoms with E-state index in [9.17, 15) is 4.79 Å². The molecule has 1 saturated heterocycles. The lowest BCUT2D eigenvalue weighted by Crippen LogP contribution is -2.30. The van der Waals surface area contributed by atoms with Crippen molar-refractivity contribution in [3.8, 4) is 11.5 Å². The molecule has 5 nitrogen and oxygen atoms in total. The van der Waals surface area contributed by atoms with Crippen LogP contribution < -0.4 is 9.47 Å². The number of ether oxygens (including phenoxy) is 2. The van der Waals surface area contributed by atoms with Crippen molar-refractivity contribution in [1.82, 2.24) is 9.88 Å². The fourth-order valence-electron chi connectivity index (χ4n) is 3.15. The Bertz CT molecular complexity index is 688. The molecule has 1 aromatic carbocycles. The van der Waals surface area contributed by atoms with Gasteiger partial charge in [0.05, 0.1) is 25.8 Å². The van der Waals surface area contributed by atoms with E-state index in [4.69, 9.17) is 9.47 Å². The number of hydrogen-bond donors (Lipinski definition) is 0. The van der Waals surface area contributed by atoms with Crippen LogP contribution in [0.25, 0.3) is 0 Å². The molecule has 2 aromatic rings. The van der Waals surface area contributed by atoms with E-state index >= 15 is 0 Å². The zero-order valence-electron chi connectivity index (χ0n) is 13.4. The molecule has 1 aliphatic rings. The Morgan fingerprint density at radius 1 is 1.17 bits per heavy atom. The summed E-state index contributed by atoms with van der Waals surface area (Å²) in [6, 6.07) is 9.41. The molecule has 0 spiro atoms. The third-order valence-electron chi connectivity index (χ3n) is 4.24. The number of nitrogens with zero attached hydrogens (tertiary/aromatic N) is 2. The first kappa shape index (κ1) is 15.3. The highest BCUT2D eigenvalue weighted by Gasteiger charge is 2.32. The minimum Gasteiger partial charge on any atom is -0.493 e. The quantitative estimate of drug-likeness (QED) is 0.870. The van der Waals surface area contributed by atoms with Crippen LogP contribution in [0.2, 0.25) is 0 Å². The van der Waals surface area contributed by atoms with Crippen molar-refractivity contribution in [1.29, 1.82) is 0 Å². The van der Waals surface area contributed by atoms with Gasteiger partial charge in [0, 0.05) is 18.9 Å². The second-order valence-corrected chi connectivity index (χ2v) is 5.48. The topological polar surface area (TPSA) is 51.7 Å². The first-order valence-corrected chi connectivity index (χ1v) is 7.68. The summed E-state index contributed by atoms with van der Waals surface area (Å²) in [7, 11) is 3.13. The molecule has 1 amide bonds. The highest BCUT2D eigenvalue weighted by atomic mass is 16.5. The molecule has 2 heterocycles. The summed E-state index contributed by atoms with van der Waals surface area (Å²) in [5.41, 5.74) is 1.65. The van der Waals surface area contributed by atoms with E-state index in [0.29, 0.717) is 17.1 Å². The predicted molar refractivity (Wildman–Crippen MR) is 86.8 cm³/mol. The summed E-state index contributed by atoms with van der Waals surface area (Å²) in [5.74, 6) is 1.03. The zero-order chi connectivity index (χ0) is 16.2. The molecule has 3 rings (SSSR count). The number of methoxy groups -OCH3 is 2. The number of aromatic nitrogens is 1. The number of pyridine rings is 1. The molecule has 1 unspecified atom stereocenters. The van der Waals surface area contributed by atoms with E-state index in [1.54, 1.807) is 38.7 Å². The van der Waals surface area contributed by atoms with Crippen LogP contribution in [0.4, 0.5) is 0 Å². The minimum absolute atomic E-state index is 0.0277. The molecule has 0 bridgehead atoms. The summed E-state index contributed by atoms with van der Waals surface area (Å²) < 4.78 is 10.7. The number of carbonyl (C=O) groups excluding carboxylic acids is 1. The number of likely N-dealkylation sites (tertiary alicyclic amines) is 1. The molecule has 120 valence electrons. The van der Waals surface area contributed by atoms with Gasteiger partial charge in [-0.1, -0.05) is 6.07 Å². The van der Waals surface area contributed by atoms with Gasteiger partial charge in [-0.2, -0.15) is 0 Å². The van der Waals surface area contributed by atoms with E-state index < -0.39 is 0 Å². The minimum atomic E-state index is -0.0277. The number of amides is 1. The number of rotatable bonds is 4. The van der Waals surface area contributed by atoms with E-state index in [-0.39, 0.29) is 11.9 Å².